The highest BCUT2D eigenvalue weighted by Gasteiger charge is 2.04. The van der Waals surface area contributed by atoms with E-state index in [2.05, 4.69) is 10.1 Å². The van der Waals surface area contributed by atoms with Gasteiger partial charge in [-0.3, -0.25) is 4.79 Å². The molecule has 66 valence electrons. The molecule has 0 radical (unpaired) electrons. The molecule has 0 aliphatic heterocycles. The van der Waals surface area contributed by atoms with E-state index in [1.54, 1.807) is 17.9 Å². The lowest BCUT2D eigenvalue weighted by Gasteiger charge is -1.89. The molecule has 0 aliphatic carbocycles. The molecule has 0 aromatic carbocycles. The van der Waals surface area contributed by atoms with Crippen molar-refractivity contribution >= 4 is 17.2 Å². The number of hydrogen-bond acceptors (Lipinski definition) is 4. The van der Waals surface area contributed by atoms with Crippen LogP contribution in [0.3, 0.4) is 0 Å². The molecule has 0 bridgehead atoms. The van der Waals surface area contributed by atoms with E-state index in [9.17, 15) is 4.79 Å². The van der Waals surface area contributed by atoms with Crippen molar-refractivity contribution in [2.24, 2.45) is 0 Å². The third-order valence-corrected chi connectivity index (χ3v) is 2.22. The molecule has 0 atom stereocenters. The summed E-state index contributed by atoms with van der Waals surface area (Å²) in [4.78, 5) is 15.0. The lowest BCUT2D eigenvalue weighted by Crippen LogP contribution is -2.04. The summed E-state index contributed by atoms with van der Waals surface area (Å²) in [5.41, 5.74) is 3.48. The summed E-state index contributed by atoms with van der Waals surface area (Å²) in [6, 6.07) is 0. The van der Waals surface area contributed by atoms with Crippen LogP contribution in [0.1, 0.15) is 11.7 Å². The first kappa shape index (κ1) is 8.12. The lowest BCUT2D eigenvalue weighted by molar-refractivity contribution is 0.0921. The van der Waals surface area contributed by atoms with Crippen LogP contribution in [0.15, 0.2) is 23.3 Å². The summed E-state index contributed by atoms with van der Waals surface area (Å²) in [7, 11) is 0. The Kier molecular flexibility index (Phi) is 1.94. The monoisotopic (exact) mass is 193 g/mol. The molecule has 0 unspecified atom stereocenters. The second-order valence-electron chi connectivity index (χ2n) is 2.57. The Morgan fingerprint density at radius 3 is 3.00 bits per heavy atom. The van der Waals surface area contributed by atoms with Crippen molar-refractivity contribution in [2.45, 2.75) is 6.92 Å². The second kappa shape index (κ2) is 3.10. The average Bonchev–Trinajstić information content (AvgIpc) is 2.75. The summed E-state index contributed by atoms with van der Waals surface area (Å²) in [6.07, 6.45) is 3.31. The first-order chi connectivity index (χ1) is 6.27. The van der Waals surface area contributed by atoms with Crippen LogP contribution in [0.4, 0.5) is 0 Å². The molecule has 0 saturated carbocycles. The van der Waals surface area contributed by atoms with Crippen LogP contribution in [-0.4, -0.2) is 20.7 Å². The number of carbonyl (C=O) groups excluding carboxylic acids is 1. The molecule has 2 rings (SSSR count). The number of aromatic nitrogens is 3. The van der Waals surface area contributed by atoms with Crippen LogP contribution in [-0.2, 0) is 0 Å². The first-order valence-electron chi connectivity index (χ1n) is 3.71. The molecule has 2 heterocycles. The standard InChI is InChI=1S/C8H7N3OS/c1-6(12)11-3-7(2-10-11)8-4-13-5-9-8/h2-5H,1H3. The number of thiazole rings is 1. The number of rotatable bonds is 1. The van der Waals surface area contributed by atoms with Gasteiger partial charge in [-0.1, -0.05) is 0 Å². The number of nitrogens with zero attached hydrogens (tertiary/aromatic N) is 3. The van der Waals surface area contributed by atoms with E-state index < -0.39 is 0 Å². The van der Waals surface area contributed by atoms with Gasteiger partial charge in [0.1, 0.15) is 0 Å². The van der Waals surface area contributed by atoms with Gasteiger partial charge < -0.3 is 0 Å². The smallest absolute Gasteiger partial charge is 0.243 e. The fraction of sp³-hybridized carbons (Fsp3) is 0.125. The molecule has 0 saturated heterocycles. The Hall–Kier alpha value is -1.49. The first-order valence-corrected chi connectivity index (χ1v) is 4.66. The van der Waals surface area contributed by atoms with Gasteiger partial charge in [-0.25, -0.2) is 9.67 Å². The summed E-state index contributed by atoms with van der Waals surface area (Å²) < 4.78 is 1.30. The predicted octanol–water partition coefficient (Wildman–Crippen LogP) is 1.67. The summed E-state index contributed by atoms with van der Waals surface area (Å²) in [5.74, 6) is -0.0959. The Balaban J connectivity index is 2.39. The minimum Gasteiger partial charge on any atom is -0.273 e. The van der Waals surface area contributed by atoms with Crippen molar-refractivity contribution in [1.82, 2.24) is 14.8 Å². The van der Waals surface area contributed by atoms with Crippen molar-refractivity contribution in [3.8, 4) is 11.3 Å². The minimum absolute atomic E-state index is 0.0959. The van der Waals surface area contributed by atoms with Crippen molar-refractivity contribution in [3.05, 3.63) is 23.3 Å². The molecule has 5 heteroatoms. The molecule has 2 aromatic heterocycles. The highest BCUT2D eigenvalue weighted by atomic mass is 32.1. The summed E-state index contributed by atoms with van der Waals surface area (Å²) in [6.45, 7) is 1.47. The molecule has 0 amide bonds. The van der Waals surface area contributed by atoms with E-state index in [1.165, 1.54) is 22.9 Å². The van der Waals surface area contributed by atoms with Gasteiger partial charge in [0.2, 0.25) is 5.91 Å². The van der Waals surface area contributed by atoms with Crippen molar-refractivity contribution < 1.29 is 4.79 Å². The Morgan fingerprint density at radius 1 is 1.62 bits per heavy atom. The molecule has 0 aliphatic rings. The third kappa shape index (κ3) is 1.50. The maximum Gasteiger partial charge on any atom is 0.243 e. The van der Waals surface area contributed by atoms with Gasteiger partial charge in [-0.15, -0.1) is 11.3 Å². The fourth-order valence-corrected chi connectivity index (χ4v) is 1.54. The van der Waals surface area contributed by atoms with Crippen LogP contribution >= 0.6 is 11.3 Å². The van der Waals surface area contributed by atoms with Crippen LogP contribution in [0.2, 0.25) is 0 Å². The number of hydrogen-bond donors (Lipinski definition) is 0. The normalized spacial score (nSPS) is 10.2. The molecule has 13 heavy (non-hydrogen) atoms. The van der Waals surface area contributed by atoms with Crippen LogP contribution < -0.4 is 0 Å². The second-order valence-corrected chi connectivity index (χ2v) is 3.28. The minimum atomic E-state index is -0.0959. The molecule has 0 spiro atoms. The van der Waals surface area contributed by atoms with Crippen LogP contribution in [0.25, 0.3) is 11.3 Å². The van der Waals surface area contributed by atoms with Crippen molar-refractivity contribution in [2.75, 3.05) is 0 Å². The zero-order valence-electron chi connectivity index (χ0n) is 6.97. The van der Waals surface area contributed by atoms with E-state index in [4.69, 9.17) is 0 Å². The van der Waals surface area contributed by atoms with Crippen molar-refractivity contribution in [1.29, 1.82) is 0 Å². The van der Waals surface area contributed by atoms with Crippen molar-refractivity contribution in [3.63, 3.8) is 0 Å². The van der Waals surface area contributed by atoms with Gasteiger partial charge in [0.25, 0.3) is 0 Å². The predicted molar refractivity (Wildman–Crippen MR) is 49.6 cm³/mol. The van der Waals surface area contributed by atoms with Gasteiger partial charge in [0.05, 0.1) is 17.4 Å². The molecule has 4 nitrogen and oxygen atoms in total. The fourth-order valence-electron chi connectivity index (χ4n) is 0.982. The van der Waals surface area contributed by atoms with Gasteiger partial charge in [0, 0.05) is 24.1 Å². The van der Waals surface area contributed by atoms with E-state index in [-0.39, 0.29) is 5.91 Å². The molecular formula is C8H7N3OS. The van der Waals surface area contributed by atoms with E-state index in [1.807, 2.05) is 5.38 Å². The Labute approximate surface area is 78.8 Å². The lowest BCUT2D eigenvalue weighted by atomic mass is 10.3. The number of carbonyl (C=O) groups is 1. The largest absolute Gasteiger partial charge is 0.273 e. The molecule has 0 fully saturated rings. The Morgan fingerprint density at radius 2 is 2.46 bits per heavy atom. The quantitative estimate of drug-likeness (QED) is 0.692. The van der Waals surface area contributed by atoms with Gasteiger partial charge in [0.15, 0.2) is 0 Å². The summed E-state index contributed by atoms with van der Waals surface area (Å²) in [5, 5.41) is 5.82. The van der Waals surface area contributed by atoms with Crippen LogP contribution in [0.5, 0.6) is 0 Å². The van der Waals surface area contributed by atoms with Gasteiger partial charge in [-0.05, 0) is 0 Å². The summed E-state index contributed by atoms with van der Waals surface area (Å²) >= 11 is 1.52. The Bertz CT molecular complexity index is 418. The average molecular weight is 193 g/mol. The SMILES string of the molecule is CC(=O)n1cc(-c2cscn2)cn1. The molecular weight excluding hydrogens is 186 g/mol. The van der Waals surface area contributed by atoms with E-state index in [0.717, 1.165) is 11.3 Å². The zero-order chi connectivity index (χ0) is 9.26. The maximum absolute atomic E-state index is 10.9. The highest BCUT2D eigenvalue weighted by molar-refractivity contribution is 7.07. The van der Waals surface area contributed by atoms with E-state index >= 15 is 0 Å². The van der Waals surface area contributed by atoms with Gasteiger partial charge in [-0.2, -0.15) is 5.10 Å². The highest BCUT2D eigenvalue weighted by Crippen LogP contribution is 2.17. The molecule has 0 N–H and O–H groups in total. The van der Waals surface area contributed by atoms with E-state index in [0.29, 0.717) is 0 Å². The third-order valence-electron chi connectivity index (χ3n) is 1.63. The molecule has 2 aromatic rings. The van der Waals surface area contributed by atoms with Gasteiger partial charge >= 0.3 is 0 Å². The maximum atomic E-state index is 10.9. The van der Waals surface area contributed by atoms with Crippen LogP contribution in [0, 0.1) is 0 Å². The topological polar surface area (TPSA) is 47.8 Å². The zero-order valence-corrected chi connectivity index (χ0v) is 7.78.